The Morgan fingerprint density at radius 2 is 2.20 bits per heavy atom. The zero-order valence-electron chi connectivity index (χ0n) is 8.83. The predicted molar refractivity (Wildman–Crippen MR) is 56.7 cm³/mol. The van der Waals surface area contributed by atoms with E-state index in [1.165, 1.54) is 12.0 Å². The van der Waals surface area contributed by atoms with Gasteiger partial charge < -0.3 is 14.8 Å². The molecule has 3 rings (SSSR count). The van der Waals surface area contributed by atoms with Crippen molar-refractivity contribution in [3.8, 4) is 0 Å². The first kappa shape index (κ1) is 9.43. The third kappa shape index (κ3) is 1.02. The van der Waals surface area contributed by atoms with Gasteiger partial charge in [-0.2, -0.15) is 0 Å². The Labute approximate surface area is 89.5 Å². The molecule has 0 amide bonds. The number of H-pyrrole nitrogens is 1. The molecule has 15 heavy (non-hydrogen) atoms. The topological polar surface area (TPSA) is 45.2 Å². The van der Waals surface area contributed by atoms with Crippen molar-refractivity contribution in [1.82, 2.24) is 4.98 Å². The van der Waals surface area contributed by atoms with Gasteiger partial charge in [-0.1, -0.05) is 6.42 Å². The minimum Gasteiger partial charge on any atom is -0.396 e. The summed E-state index contributed by atoms with van der Waals surface area (Å²) >= 11 is 0. The van der Waals surface area contributed by atoms with Crippen LogP contribution in [0.5, 0.6) is 0 Å². The van der Waals surface area contributed by atoms with E-state index >= 15 is 0 Å². The van der Waals surface area contributed by atoms with Crippen molar-refractivity contribution >= 4 is 0 Å². The van der Waals surface area contributed by atoms with Gasteiger partial charge >= 0.3 is 0 Å². The lowest BCUT2D eigenvalue weighted by molar-refractivity contribution is -0.173. The summed E-state index contributed by atoms with van der Waals surface area (Å²) in [7, 11) is 0. The Kier molecular flexibility index (Phi) is 1.94. The van der Waals surface area contributed by atoms with Gasteiger partial charge in [-0.25, -0.2) is 0 Å². The number of rotatable bonds is 3. The molecular weight excluding hydrogens is 190 g/mol. The van der Waals surface area contributed by atoms with Crippen LogP contribution in [0.3, 0.4) is 0 Å². The van der Waals surface area contributed by atoms with Gasteiger partial charge in [-0.05, 0) is 24.5 Å². The highest BCUT2D eigenvalue weighted by Crippen LogP contribution is 2.57. The lowest BCUT2D eigenvalue weighted by atomic mass is 9.50. The summed E-state index contributed by atoms with van der Waals surface area (Å²) in [4.78, 5) is 3.11. The van der Waals surface area contributed by atoms with Gasteiger partial charge in [0.15, 0.2) is 0 Å². The molecule has 1 aliphatic carbocycles. The van der Waals surface area contributed by atoms with Crippen molar-refractivity contribution in [2.75, 3.05) is 19.8 Å². The number of aromatic amines is 1. The predicted octanol–water partition coefficient (Wildman–Crippen LogP) is 1.45. The summed E-state index contributed by atoms with van der Waals surface area (Å²) in [5.74, 6) is 0. The van der Waals surface area contributed by atoms with E-state index in [9.17, 15) is 5.11 Å². The molecule has 0 unspecified atom stereocenters. The quantitative estimate of drug-likeness (QED) is 0.788. The summed E-state index contributed by atoms with van der Waals surface area (Å²) in [6.07, 6.45) is 7.53. The maximum atomic E-state index is 9.67. The highest BCUT2D eigenvalue weighted by molar-refractivity contribution is 5.31. The van der Waals surface area contributed by atoms with E-state index in [4.69, 9.17) is 4.74 Å². The van der Waals surface area contributed by atoms with Crippen LogP contribution in [0.15, 0.2) is 18.5 Å². The maximum absolute atomic E-state index is 9.67. The largest absolute Gasteiger partial charge is 0.396 e. The van der Waals surface area contributed by atoms with Crippen LogP contribution in [-0.4, -0.2) is 29.9 Å². The van der Waals surface area contributed by atoms with Gasteiger partial charge in [0.1, 0.15) is 0 Å². The zero-order chi connectivity index (χ0) is 10.4. The van der Waals surface area contributed by atoms with E-state index in [1.807, 2.05) is 6.20 Å². The van der Waals surface area contributed by atoms with Gasteiger partial charge in [0.25, 0.3) is 0 Å². The lowest BCUT2D eigenvalue weighted by Gasteiger charge is -2.59. The molecule has 1 aliphatic heterocycles. The Hall–Kier alpha value is -0.800. The van der Waals surface area contributed by atoms with Crippen LogP contribution in [0.25, 0.3) is 0 Å². The van der Waals surface area contributed by atoms with Gasteiger partial charge in [0, 0.05) is 24.4 Å². The summed E-state index contributed by atoms with van der Waals surface area (Å²) in [5.41, 5.74) is 1.48. The first-order valence-electron chi connectivity index (χ1n) is 5.65. The van der Waals surface area contributed by atoms with Crippen LogP contribution in [0.1, 0.15) is 24.8 Å². The summed E-state index contributed by atoms with van der Waals surface area (Å²) in [6.45, 7) is 1.83. The van der Waals surface area contributed by atoms with Crippen LogP contribution in [0, 0.1) is 5.41 Å². The molecule has 0 bridgehead atoms. The molecular formula is C12H17NO2. The maximum Gasteiger partial charge on any atom is 0.0592 e. The molecule has 0 atom stereocenters. The van der Waals surface area contributed by atoms with E-state index < -0.39 is 0 Å². The molecule has 1 aromatic heterocycles. The van der Waals surface area contributed by atoms with Crippen LogP contribution >= 0.6 is 0 Å². The molecule has 0 spiro atoms. The van der Waals surface area contributed by atoms with E-state index in [0.717, 1.165) is 26.1 Å². The molecule has 1 aromatic rings. The molecule has 1 saturated heterocycles. The highest BCUT2D eigenvalue weighted by Gasteiger charge is 2.59. The van der Waals surface area contributed by atoms with Crippen molar-refractivity contribution in [2.45, 2.75) is 24.7 Å². The van der Waals surface area contributed by atoms with Crippen LogP contribution in [0.2, 0.25) is 0 Å². The van der Waals surface area contributed by atoms with E-state index in [-0.39, 0.29) is 10.8 Å². The van der Waals surface area contributed by atoms with Crippen LogP contribution < -0.4 is 0 Å². The Morgan fingerprint density at radius 1 is 1.40 bits per heavy atom. The van der Waals surface area contributed by atoms with E-state index in [2.05, 4.69) is 17.2 Å². The van der Waals surface area contributed by atoms with Gasteiger partial charge in [-0.15, -0.1) is 0 Å². The molecule has 0 radical (unpaired) electrons. The first-order chi connectivity index (χ1) is 7.33. The molecule has 2 N–H and O–H groups in total. The number of hydrogen-bond donors (Lipinski definition) is 2. The number of aromatic nitrogens is 1. The monoisotopic (exact) mass is 207 g/mol. The molecule has 2 aliphatic rings. The second-order valence-electron chi connectivity index (χ2n) is 4.97. The fourth-order valence-corrected chi connectivity index (χ4v) is 3.10. The number of ether oxygens (including phenoxy) is 1. The van der Waals surface area contributed by atoms with Crippen molar-refractivity contribution in [3.63, 3.8) is 0 Å². The zero-order valence-corrected chi connectivity index (χ0v) is 8.83. The molecule has 3 heteroatoms. The standard InChI is InChI=1S/C12H17NO2/c14-7-11(3-1-4-11)12(8-15-9-12)10-2-5-13-6-10/h2,5-6,13-14H,1,3-4,7-9H2. The summed E-state index contributed by atoms with van der Waals surface area (Å²) in [5, 5.41) is 9.67. The molecule has 2 fully saturated rings. The summed E-state index contributed by atoms with van der Waals surface area (Å²) in [6, 6.07) is 2.12. The van der Waals surface area contributed by atoms with E-state index in [1.54, 1.807) is 0 Å². The fraction of sp³-hybridized carbons (Fsp3) is 0.667. The van der Waals surface area contributed by atoms with Crippen molar-refractivity contribution in [3.05, 3.63) is 24.0 Å². The molecule has 3 nitrogen and oxygen atoms in total. The van der Waals surface area contributed by atoms with Crippen molar-refractivity contribution < 1.29 is 9.84 Å². The summed E-state index contributed by atoms with van der Waals surface area (Å²) < 4.78 is 5.42. The van der Waals surface area contributed by atoms with Crippen LogP contribution in [-0.2, 0) is 10.2 Å². The number of hydrogen-bond acceptors (Lipinski definition) is 2. The van der Waals surface area contributed by atoms with Gasteiger partial charge in [0.2, 0.25) is 0 Å². The third-order valence-electron chi connectivity index (χ3n) is 4.48. The number of nitrogens with one attached hydrogen (secondary N) is 1. The minimum absolute atomic E-state index is 0.0833. The lowest BCUT2D eigenvalue weighted by Crippen LogP contribution is -2.63. The Balaban J connectivity index is 1.99. The van der Waals surface area contributed by atoms with Crippen molar-refractivity contribution in [2.24, 2.45) is 5.41 Å². The normalized spacial score (nSPS) is 26.7. The number of aliphatic hydroxyl groups excluding tert-OH is 1. The Bertz CT molecular complexity index is 331. The van der Waals surface area contributed by atoms with Crippen molar-refractivity contribution in [1.29, 1.82) is 0 Å². The fourth-order valence-electron chi connectivity index (χ4n) is 3.10. The van der Waals surface area contributed by atoms with Crippen LogP contribution in [0.4, 0.5) is 0 Å². The SMILES string of the molecule is OCC1(C2(c3cc[nH]c3)COC2)CCC1. The average molecular weight is 207 g/mol. The minimum atomic E-state index is 0.0833. The second-order valence-corrected chi connectivity index (χ2v) is 4.97. The second kappa shape index (κ2) is 3.09. The van der Waals surface area contributed by atoms with E-state index in [0.29, 0.717) is 6.61 Å². The smallest absolute Gasteiger partial charge is 0.0592 e. The Morgan fingerprint density at radius 3 is 2.53 bits per heavy atom. The molecule has 82 valence electrons. The van der Waals surface area contributed by atoms with Gasteiger partial charge in [0.05, 0.1) is 18.6 Å². The highest BCUT2D eigenvalue weighted by atomic mass is 16.5. The first-order valence-corrected chi connectivity index (χ1v) is 5.65. The number of aliphatic hydroxyl groups is 1. The van der Waals surface area contributed by atoms with Gasteiger partial charge in [-0.3, -0.25) is 0 Å². The molecule has 0 aromatic carbocycles. The average Bonchev–Trinajstić information content (AvgIpc) is 2.60. The third-order valence-corrected chi connectivity index (χ3v) is 4.48. The molecule has 1 saturated carbocycles. The molecule has 2 heterocycles.